The number of nitrogens with one attached hydrogen (secondary N) is 2. The van der Waals surface area contributed by atoms with Crippen LogP contribution in [0.2, 0.25) is 0 Å². The molecular formula is C14H22IN5S. The fourth-order valence-electron chi connectivity index (χ4n) is 1.85. The van der Waals surface area contributed by atoms with Crippen molar-refractivity contribution in [2.75, 3.05) is 13.6 Å². The van der Waals surface area contributed by atoms with E-state index in [2.05, 4.69) is 39.8 Å². The third-order valence-electron chi connectivity index (χ3n) is 2.87. The van der Waals surface area contributed by atoms with Gasteiger partial charge in [-0.15, -0.1) is 35.3 Å². The number of thiophene rings is 1. The Kier molecular flexibility index (Phi) is 8.36. The van der Waals surface area contributed by atoms with E-state index in [9.17, 15) is 0 Å². The van der Waals surface area contributed by atoms with Gasteiger partial charge < -0.3 is 10.6 Å². The van der Waals surface area contributed by atoms with E-state index >= 15 is 0 Å². The van der Waals surface area contributed by atoms with Gasteiger partial charge in [-0.05, 0) is 31.5 Å². The van der Waals surface area contributed by atoms with Gasteiger partial charge in [0, 0.05) is 42.3 Å². The molecule has 0 aliphatic heterocycles. The molecule has 2 heterocycles. The van der Waals surface area contributed by atoms with Crippen LogP contribution in [0.15, 0.2) is 35.6 Å². The smallest absolute Gasteiger partial charge is 0.191 e. The molecule has 116 valence electrons. The molecule has 0 saturated heterocycles. The van der Waals surface area contributed by atoms with Crippen molar-refractivity contribution in [3.8, 4) is 0 Å². The standard InChI is InChI=1S/C14H21N5S.HI/c1-12-5-6-13(20-12)11-17-14(15-2)16-7-3-9-19-10-4-8-18-19;/h4-6,8,10H,3,7,9,11H2,1-2H3,(H2,15,16,17);1H. The Bertz CT molecular complexity index is 535. The maximum absolute atomic E-state index is 4.22. The molecule has 2 rings (SSSR count). The van der Waals surface area contributed by atoms with Crippen molar-refractivity contribution in [1.29, 1.82) is 0 Å². The fraction of sp³-hybridized carbons (Fsp3) is 0.429. The number of guanidine groups is 1. The summed E-state index contributed by atoms with van der Waals surface area (Å²) >= 11 is 1.81. The highest BCUT2D eigenvalue weighted by atomic mass is 127. The van der Waals surface area contributed by atoms with Crippen molar-refractivity contribution in [3.63, 3.8) is 0 Å². The highest BCUT2D eigenvalue weighted by Crippen LogP contribution is 2.14. The monoisotopic (exact) mass is 419 g/mol. The van der Waals surface area contributed by atoms with E-state index in [4.69, 9.17) is 0 Å². The molecule has 0 fully saturated rings. The molecule has 2 N–H and O–H groups in total. The lowest BCUT2D eigenvalue weighted by atomic mass is 10.4. The summed E-state index contributed by atoms with van der Waals surface area (Å²) in [6.45, 7) is 4.73. The Morgan fingerprint density at radius 1 is 1.38 bits per heavy atom. The first kappa shape index (κ1) is 18.0. The largest absolute Gasteiger partial charge is 0.356 e. The van der Waals surface area contributed by atoms with Crippen molar-refractivity contribution < 1.29 is 0 Å². The second kappa shape index (κ2) is 9.78. The maximum atomic E-state index is 4.22. The number of nitrogens with zero attached hydrogens (tertiary/aromatic N) is 3. The first-order valence-electron chi connectivity index (χ1n) is 6.75. The van der Waals surface area contributed by atoms with Crippen LogP contribution >= 0.6 is 35.3 Å². The summed E-state index contributed by atoms with van der Waals surface area (Å²) in [5, 5.41) is 10.8. The van der Waals surface area contributed by atoms with E-state index in [1.165, 1.54) is 9.75 Å². The normalized spacial score (nSPS) is 11.0. The summed E-state index contributed by atoms with van der Waals surface area (Å²) in [5.74, 6) is 0.844. The van der Waals surface area contributed by atoms with Gasteiger partial charge in [-0.25, -0.2) is 0 Å². The van der Waals surface area contributed by atoms with Crippen molar-refractivity contribution in [2.24, 2.45) is 4.99 Å². The van der Waals surface area contributed by atoms with Gasteiger partial charge in [0.25, 0.3) is 0 Å². The van der Waals surface area contributed by atoms with Gasteiger partial charge in [-0.3, -0.25) is 9.67 Å². The van der Waals surface area contributed by atoms with Crippen LogP contribution in [-0.2, 0) is 13.1 Å². The Morgan fingerprint density at radius 3 is 2.86 bits per heavy atom. The number of aromatic nitrogens is 2. The number of hydrogen-bond acceptors (Lipinski definition) is 3. The minimum absolute atomic E-state index is 0. The molecule has 0 spiro atoms. The molecule has 0 atom stereocenters. The average molecular weight is 419 g/mol. The Morgan fingerprint density at radius 2 is 2.24 bits per heavy atom. The molecule has 0 saturated carbocycles. The number of aliphatic imine (C=N–C) groups is 1. The lowest BCUT2D eigenvalue weighted by Crippen LogP contribution is -2.37. The van der Waals surface area contributed by atoms with Gasteiger partial charge in [-0.1, -0.05) is 0 Å². The first-order valence-corrected chi connectivity index (χ1v) is 7.57. The highest BCUT2D eigenvalue weighted by Gasteiger charge is 2.00. The zero-order valence-corrected chi connectivity index (χ0v) is 15.5. The number of hydrogen-bond donors (Lipinski definition) is 2. The predicted molar refractivity (Wildman–Crippen MR) is 99.5 cm³/mol. The van der Waals surface area contributed by atoms with Crippen LogP contribution in [0.4, 0.5) is 0 Å². The van der Waals surface area contributed by atoms with Crippen molar-refractivity contribution in [1.82, 2.24) is 20.4 Å². The SMILES string of the molecule is CN=C(NCCCn1cccn1)NCc1ccc(C)s1.I. The maximum Gasteiger partial charge on any atom is 0.191 e. The second-order valence-electron chi connectivity index (χ2n) is 4.49. The zero-order valence-electron chi connectivity index (χ0n) is 12.4. The number of aryl methyl sites for hydroxylation is 2. The molecule has 5 nitrogen and oxygen atoms in total. The molecule has 0 aliphatic carbocycles. The molecule has 7 heteroatoms. The Labute approximate surface area is 146 Å². The Hall–Kier alpha value is -1.09. The number of rotatable bonds is 6. The number of halogens is 1. The van der Waals surface area contributed by atoms with Gasteiger partial charge in [0.05, 0.1) is 6.54 Å². The van der Waals surface area contributed by atoms with E-state index in [0.717, 1.165) is 32.0 Å². The van der Waals surface area contributed by atoms with Crippen LogP contribution in [0, 0.1) is 6.92 Å². The lowest BCUT2D eigenvalue weighted by molar-refractivity contribution is 0.570. The van der Waals surface area contributed by atoms with Gasteiger partial charge in [-0.2, -0.15) is 5.10 Å². The van der Waals surface area contributed by atoms with Crippen molar-refractivity contribution in [3.05, 3.63) is 40.3 Å². The van der Waals surface area contributed by atoms with Crippen LogP contribution in [-0.4, -0.2) is 29.3 Å². The van der Waals surface area contributed by atoms with Crippen LogP contribution in [0.1, 0.15) is 16.2 Å². The van der Waals surface area contributed by atoms with E-state index in [0.29, 0.717) is 0 Å². The molecule has 21 heavy (non-hydrogen) atoms. The minimum atomic E-state index is 0. The molecule has 0 bridgehead atoms. The summed E-state index contributed by atoms with van der Waals surface area (Å²) < 4.78 is 1.94. The molecule has 2 aromatic rings. The molecule has 0 radical (unpaired) electrons. The molecule has 2 aromatic heterocycles. The summed E-state index contributed by atoms with van der Waals surface area (Å²) in [5.41, 5.74) is 0. The fourth-order valence-corrected chi connectivity index (χ4v) is 2.68. The van der Waals surface area contributed by atoms with Gasteiger partial charge in [0.1, 0.15) is 0 Å². The summed E-state index contributed by atoms with van der Waals surface area (Å²) in [7, 11) is 1.79. The molecular weight excluding hydrogens is 397 g/mol. The van der Waals surface area contributed by atoms with E-state index in [-0.39, 0.29) is 24.0 Å². The minimum Gasteiger partial charge on any atom is -0.356 e. The van der Waals surface area contributed by atoms with Gasteiger partial charge in [0.2, 0.25) is 0 Å². The summed E-state index contributed by atoms with van der Waals surface area (Å²) in [6.07, 6.45) is 4.80. The quantitative estimate of drug-likeness (QED) is 0.328. The third-order valence-corrected chi connectivity index (χ3v) is 3.87. The summed E-state index contributed by atoms with van der Waals surface area (Å²) in [4.78, 5) is 6.88. The zero-order chi connectivity index (χ0) is 14.2. The van der Waals surface area contributed by atoms with E-state index < -0.39 is 0 Å². The third kappa shape index (κ3) is 6.47. The van der Waals surface area contributed by atoms with Crippen molar-refractivity contribution in [2.45, 2.75) is 26.4 Å². The van der Waals surface area contributed by atoms with Gasteiger partial charge >= 0.3 is 0 Å². The lowest BCUT2D eigenvalue weighted by Gasteiger charge is -2.11. The molecule has 0 unspecified atom stereocenters. The molecule has 0 amide bonds. The predicted octanol–water partition coefficient (Wildman–Crippen LogP) is 2.63. The van der Waals surface area contributed by atoms with Crippen LogP contribution < -0.4 is 10.6 Å². The van der Waals surface area contributed by atoms with E-state index in [1.807, 2.05) is 28.3 Å². The topological polar surface area (TPSA) is 54.2 Å². The first-order chi connectivity index (χ1) is 9.78. The average Bonchev–Trinajstić information content (AvgIpc) is 3.09. The van der Waals surface area contributed by atoms with Crippen LogP contribution in [0.5, 0.6) is 0 Å². The molecule has 0 aromatic carbocycles. The molecule has 0 aliphatic rings. The van der Waals surface area contributed by atoms with E-state index in [1.54, 1.807) is 13.2 Å². The highest BCUT2D eigenvalue weighted by molar-refractivity contribution is 14.0. The Balaban J connectivity index is 0.00000220. The van der Waals surface area contributed by atoms with Gasteiger partial charge in [0.15, 0.2) is 5.96 Å². The summed E-state index contributed by atoms with van der Waals surface area (Å²) in [6, 6.07) is 6.23. The van der Waals surface area contributed by atoms with Crippen LogP contribution in [0.3, 0.4) is 0 Å². The second-order valence-corrected chi connectivity index (χ2v) is 5.86. The van der Waals surface area contributed by atoms with Crippen LogP contribution in [0.25, 0.3) is 0 Å². The van der Waals surface area contributed by atoms with Crippen molar-refractivity contribution >= 4 is 41.3 Å².